The average Bonchev–Trinajstić information content (AvgIpc) is 3.36. The van der Waals surface area contributed by atoms with Gasteiger partial charge in [0, 0.05) is 49.6 Å². The van der Waals surface area contributed by atoms with Crippen molar-refractivity contribution in [1.82, 2.24) is 25.2 Å². The summed E-state index contributed by atoms with van der Waals surface area (Å²) in [6, 6.07) is 9.88. The summed E-state index contributed by atoms with van der Waals surface area (Å²) in [7, 11) is 1.69. The van der Waals surface area contributed by atoms with Crippen molar-refractivity contribution in [2.24, 2.45) is 4.99 Å². The molecule has 0 unspecified atom stereocenters. The Hall–Kier alpha value is -2.95. The van der Waals surface area contributed by atoms with Crippen LogP contribution in [0.1, 0.15) is 17.0 Å². The number of hydrogen-bond acceptors (Lipinski definition) is 2. The van der Waals surface area contributed by atoms with Crippen molar-refractivity contribution in [2.45, 2.75) is 19.9 Å². The summed E-state index contributed by atoms with van der Waals surface area (Å²) in [5.41, 5.74) is 3.17. The number of nitrogens with zero attached hydrogens (tertiary/aromatic N) is 3. The van der Waals surface area contributed by atoms with Crippen LogP contribution in [0.25, 0.3) is 16.6 Å². The second kappa shape index (κ2) is 10.6. The van der Waals surface area contributed by atoms with Gasteiger partial charge in [0.1, 0.15) is 17.5 Å². The molecule has 0 aliphatic heterocycles. The number of hydrogen-bond donors (Lipinski definition) is 3. The van der Waals surface area contributed by atoms with Gasteiger partial charge in [0.05, 0.1) is 5.69 Å². The first-order valence-electron chi connectivity index (χ1n) is 10.0. The summed E-state index contributed by atoms with van der Waals surface area (Å²) in [5.74, 6) is 0.794. The highest BCUT2D eigenvalue weighted by atomic mass is 127. The largest absolute Gasteiger partial charge is 0.361 e. The van der Waals surface area contributed by atoms with Gasteiger partial charge in [-0.1, -0.05) is 6.07 Å². The molecular weight excluding hydrogens is 525 g/mol. The normalized spacial score (nSPS) is 11.4. The minimum atomic E-state index is -0.306. The Morgan fingerprint density at radius 2 is 2.00 bits per heavy atom. The lowest BCUT2D eigenvalue weighted by atomic mass is 10.1. The van der Waals surface area contributed by atoms with Gasteiger partial charge in [-0.2, -0.15) is 0 Å². The van der Waals surface area contributed by atoms with Crippen LogP contribution in [0.5, 0.6) is 0 Å². The monoisotopic (exact) mass is 550 g/mol. The second-order valence-electron chi connectivity index (χ2n) is 7.24. The van der Waals surface area contributed by atoms with E-state index in [1.54, 1.807) is 36.1 Å². The molecule has 0 aliphatic rings. The number of aromatic nitrogens is 3. The van der Waals surface area contributed by atoms with E-state index >= 15 is 0 Å². The summed E-state index contributed by atoms with van der Waals surface area (Å²) in [5, 5.41) is 7.46. The van der Waals surface area contributed by atoms with Gasteiger partial charge in [0.15, 0.2) is 5.96 Å². The van der Waals surface area contributed by atoms with Gasteiger partial charge in [-0.15, -0.1) is 24.0 Å². The third-order valence-corrected chi connectivity index (χ3v) is 5.20. The SMILES string of the molecule is CN=C(NCCc1c[nH]c2cc(F)ccc12)NCc1ccc(-n2ccnc2C)c(F)c1.I. The quantitative estimate of drug-likeness (QED) is 0.189. The fraction of sp³-hybridized carbons (Fsp3) is 0.217. The number of benzene rings is 2. The second-order valence-corrected chi connectivity index (χ2v) is 7.24. The first-order chi connectivity index (χ1) is 15.0. The lowest BCUT2D eigenvalue weighted by molar-refractivity contribution is 0.613. The molecule has 3 N–H and O–H groups in total. The maximum absolute atomic E-state index is 14.6. The van der Waals surface area contributed by atoms with Gasteiger partial charge in [-0.3, -0.25) is 4.99 Å². The molecule has 2 heterocycles. The number of imidazole rings is 1. The highest BCUT2D eigenvalue weighted by Crippen LogP contribution is 2.19. The Labute approximate surface area is 202 Å². The smallest absolute Gasteiger partial charge is 0.191 e. The van der Waals surface area contributed by atoms with Crippen LogP contribution in [0.3, 0.4) is 0 Å². The standard InChI is InChI=1S/C23H24F2N6.HI/c1-15-27-9-10-31(15)22-6-3-16(11-20(22)25)13-30-23(26-2)28-8-7-17-14-29-21-12-18(24)4-5-19(17)21;/h3-6,9-12,14,29H,7-8,13H2,1-2H3,(H2,26,28,30);1H. The molecule has 0 fully saturated rings. The van der Waals surface area contributed by atoms with E-state index in [1.807, 2.05) is 19.2 Å². The zero-order valence-electron chi connectivity index (χ0n) is 17.8. The Kier molecular flexibility index (Phi) is 7.84. The fourth-order valence-electron chi connectivity index (χ4n) is 3.58. The number of nitrogens with one attached hydrogen (secondary N) is 3. The number of aryl methyl sites for hydroxylation is 1. The number of halogens is 3. The lowest BCUT2D eigenvalue weighted by Crippen LogP contribution is -2.37. The number of rotatable bonds is 6. The third kappa shape index (κ3) is 5.26. The molecule has 0 spiro atoms. The highest BCUT2D eigenvalue weighted by molar-refractivity contribution is 14.0. The highest BCUT2D eigenvalue weighted by Gasteiger charge is 2.09. The van der Waals surface area contributed by atoms with Crippen LogP contribution in [0.2, 0.25) is 0 Å². The molecule has 4 rings (SSSR count). The van der Waals surface area contributed by atoms with E-state index in [-0.39, 0.29) is 35.6 Å². The minimum absolute atomic E-state index is 0. The molecule has 168 valence electrons. The Morgan fingerprint density at radius 3 is 2.72 bits per heavy atom. The Morgan fingerprint density at radius 1 is 1.16 bits per heavy atom. The summed E-state index contributed by atoms with van der Waals surface area (Å²) < 4.78 is 29.6. The topological polar surface area (TPSA) is 70.0 Å². The van der Waals surface area contributed by atoms with Crippen molar-refractivity contribution in [3.05, 3.63) is 83.6 Å². The van der Waals surface area contributed by atoms with Crippen molar-refractivity contribution in [3.8, 4) is 5.69 Å². The Bertz CT molecular complexity index is 1230. The van der Waals surface area contributed by atoms with Crippen LogP contribution in [0.15, 0.2) is 60.0 Å². The molecule has 0 saturated carbocycles. The van der Waals surface area contributed by atoms with E-state index in [1.165, 1.54) is 18.2 Å². The molecule has 0 bridgehead atoms. The number of aliphatic imine (C=N–C) groups is 1. The molecule has 0 saturated heterocycles. The summed E-state index contributed by atoms with van der Waals surface area (Å²) in [4.78, 5) is 11.5. The van der Waals surface area contributed by atoms with Gasteiger partial charge in [0.2, 0.25) is 0 Å². The van der Waals surface area contributed by atoms with E-state index in [9.17, 15) is 8.78 Å². The van der Waals surface area contributed by atoms with Gasteiger partial charge in [-0.05, 0) is 54.8 Å². The van der Waals surface area contributed by atoms with Crippen molar-refractivity contribution in [3.63, 3.8) is 0 Å². The van der Waals surface area contributed by atoms with Gasteiger partial charge in [-0.25, -0.2) is 13.8 Å². The van der Waals surface area contributed by atoms with Gasteiger partial charge < -0.3 is 20.2 Å². The number of guanidine groups is 1. The van der Waals surface area contributed by atoms with E-state index in [4.69, 9.17) is 0 Å². The molecule has 32 heavy (non-hydrogen) atoms. The van der Waals surface area contributed by atoms with E-state index in [2.05, 4.69) is 25.6 Å². The zero-order valence-corrected chi connectivity index (χ0v) is 20.2. The summed E-state index contributed by atoms with van der Waals surface area (Å²) in [6.45, 7) is 2.92. The molecule has 4 aromatic rings. The lowest BCUT2D eigenvalue weighted by Gasteiger charge is -2.13. The van der Waals surface area contributed by atoms with Gasteiger partial charge >= 0.3 is 0 Å². The van der Waals surface area contributed by atoms with E-state index < -0.39 is 0 Å². The molecule has 0 atom stereocenters. The number of fused-ring (bicyclic) bond motifs is 1. The van der Waals surface area contributed by atoms with Crippen LogP contribution in [0.4, 0.5) is 8.78 Å². The van der Waals surface area contributed by atoms with Crippen LogP contribution >= 0.6 is 24.0 Å². The summed E-state index contributed by atoms with van der Waals surface area (Å²) >= 11 is 0. The molecular formula is C23H25F2IN6. The van der Waals surface area contributed by atoms with Crippen LogP contribution in [-0.2, 0) is 13.0 Å². The molecule has 0 aliphatic carbocycles. The zero-order chi connectivity index (χ0) is 21.8. The molecule has 6 nitrogen and oxygen atoms in total. The predicted molar refractivity (Wildman–Crippen MR) is 134 cm³/mol. The van der Waals surface area contributed by atoms with E-state index in [0.29, 0.717) is 24.7 Å². The van der Waals surface area contributed by atoms with Crippen molar-refractivity contribution in [1.29, 1.82) is 0 Å². The van der Waals surface area contributed by atoms with Crippen LogP contribution in [0, 0.1) is 18.6 Å². The van der Waals surface area contributed by atoms with Crippen LogP contribution < -0.4 is 10.6 Å². The maximum atomic E-state index is 14.6. The predicted octanol–water partition coefficient (Wildman–Crippen LogP) is 4.47. The molecule has 9 heteroatoms. The minimum Gasteiger partial charge on any atom is -0.361 e. The third-order valence-electron chi connectivity index (χ3n) is 5.20. The first-order valence-corrected chi connectivity index (χ1v) is 10.0. The average molecular weight is 550 g/mol. The molecule has 2 aromatic heterocycles. The van der Waals surface area contributed by atoms with E-state index in [0.717, 1.165) is 34.3 Å². The number of aromatic amines is 1. The summed E-state index contributed by atoms with van der Waals surface area (Å²) in [6.07, 6.45) is 6.03. The maximum Gasteiger partial charge on any atom is 0.191 e. The van der Waals surface area contributed by atoms with Gasteiger partial charge in [0.25, 0.3) is 0 Å². The van der Waals surface area contributed by atoms with Crippen LogP contribution in [-0.4, -0.2) is 34.1 Å². The molecule has 2 aromatic carbocycles. The molecule has 0 radical (unpaired) electrons. The fourth-order valence-corrected chi connectivity index (χ4v) is 3.58. The van der Waals surface area contributed by atoms with Crippen molar-refractivity contribution in [2.75, 3.05) is 13.6 Å². The molecule has 0 amide bonds. The number of H-pyrrole nitrogens is 1. The van der Waals surface area contributed by atoms with Crippen molar-refractivity contribution >= 4 is 40.8 Å². The first kappa shape index (κ1) is 23.7. The Balaban J connectivity index is 0.00000289. The van der Waals surface area contributed by atoms with Crippen molar-refractivity contribution < 1.29 is 8.78 Å².